The second-order valence-electron chi connectivity index (χ2n) is 6.46. The molecule has 0 bridgehead atoms. The Balaban J connectivity index is 1.95. The van der Waals surface area contributed by atoms with E-state index in [0.29, 0.717) is 6.42 Å². The summed E-state index contributed by atoms with van der Waals surface area (Å²) in [5.74, 6) is 0.156. The molecule has 2 heteroatoms. The van der Waals surface area contributed by atoms with Gasteiger partial charge in [-0.2, -0.15) is 0 Å². The molecule has 1 rings (SSSR count). The molecule has 0 heterocycles. The van der Waals surface area contributed by atoms with Crippen molar-refractivity contribution in [2.75, 3.05) is 6.54 Å². The predicted octanol–water partition coefficient (Wildman–Crippen LogP) is 6.32. The van der Waals surface area contributed by atoms with Gasteiger partial charge < -0.3 is 5.32 Å². The van der Waals surface area contributed by atoms with Gasteiger partial charge in [-0.05, 0) is 57.4 Å². The van der Waals surface area contributed by atoms with Gasteiger partial charge in [0.25, 0.3) is 0 Å². The number of aryl methyl sites for hydroxylation is 1. The van der Waals surface area contributed by atoms with Crippen LogP contribution >= 0.6 is 0 Å². The molecule has 0 aliphatic heterocycles. The van der Waals surface area contributed by atoms with E-state index in [1.54, 1.807) is 0 Å². The van der Waals surface area contributed by atoms with Crippen molar-refractivity contribution in [2.24, 2.45) is 0 Å². The summed E-state index contributed by atoms with van der Waals surface area (Å²) >= 11 is 0. The van der Waals surface area contributed by atoms with Crippen LogP contribution in [0.1, 0.15) is 57.4 Å². The third-order valence-corrected chi connectivity index (χ3v) is 4.07. The van der Waals surface area contributed by atoms with Gasteiger partial charge in [0.05, 0.1) is 0 Å². The molecule has 27 heavy (non-hydrogen) atoms. The van der Waals surface area contributed by atoms with Gasteiger partial charge in [-0.3, -0.25) is 4.79 Å². The molecule has 0 saturated heterocycles. The number of amides is 1. The fraction of sp³-hybridized carbons (Fsp3) is 0.400. The average molecular weight is 366 g/mol. The number of unbranched alkanes of at least 4 members (excludes halogenated alkanes) is 1. The first kappa shape index (κ1) is 22.7. The number of hydrogen-bond acceptors (Lipinski definition) is 1. The molecule has 0 saturated carbocycles. The lowest BCUT2D eigenvalue weighted by molar-refractivity contribution is -0.121. The van der Waals surface area contributed by atoms with Gasteiger partial charge in [0.2, 0.25) is 5.91 Å². The standard InChI is InChI=1S/C25H35NO/c1-2-26-25(27)23-19-14-12-10-8-6-4-3-5-7-9-11-13-16-20-24-21-17-15-18-22-24/h4-7,10-13,15,17-18,21-22H,2-3,8-9,14,16,19-20,23H2,1H3,(H,26,27). The van der Waals surface area contributed by atoms with E-state index in [1.165, 1.54) is 5.56 Å². The van der Waals surface area contributed by atoms with E-state index in [-0.39, 0.29) is 5.91 Å². The number of benzene rings is 1. The lowest BCUT2D eigenvalue weighted by Gasteiger charge is -1.99. The summed E-state index contributed by atoms with van der Waals surface area (Å²) in [6.45, 7) is 2.67. The molecule has 0 aliphatic rings. The summed E-state index contributed by atoms with van der Waals surface area (Å²) in [7, 11) is 0. The molecule has 146 valence electrons. The number of carbonyl (C=O) groups excluding carboxylic acids is 1. The van der Waals surface area contributed by atoms with E-state index < -0.39 is 0 Å². The molecule has 1 aromatic carbocycles. The highest BCUT2D eigenvalue weighted by molar-refractivity contribution is 5.75. The normalized spacial score (nSPS) is 12.0. The Kier molecular flexibility index (Phi) is 14.4. The molecule has 0 atom stereocenters. The quantitative estimate of drug-likeness (QED) is 0.303. The van der Waals surface area contributed by atoms with Crippen LogP contribution in [0.5, 0.6) is 0 Å². The summed E-state index contributed by atoms with van der Waals surface area (Å²) < 4.78 is 0. The second-order valence-corrected chi connectivity index (χ2v) is 6.46. The van der Waals surface area contributed by atoms with Gasteiger partial charge in [0.15, 0.2) is 0 Å². The Morgan fingerprint density at radius 2 is 1.37 bits per heavy atom. The molecular formula is C25H35NO. The predicted molar refractivity (Wildman–Crippen MR) is 118 cm³/mol. The van der Waals surface area contributed by atoms with Crippen LogP contribution in [-0.2, 0) is 11.2 Å². The number of hydrogen-bond donors (Lipinski definition) is 1. The number of rotatable bonds is 14. The minimum atomic E-state index is 0.156. The smallest absolute Gasteiger partial charge is 0.219 e. The maximum atomic E-state index is 11.3. The SMILES string of the molecule is CCNC(=O)CCCC=CCC=CCC=CCC=CCCc1ccccc1. The van der Waals surface area contributed by atoms with Gasteiger partial charge in [0, 0.05) is 13.0 Å². The molecule has 0 unspecified atom stereocenters. The van der Waals surface area contributed by atoms with Crippen LogP contribution in [0.4, 0.5) is 0 Å². The summed E-state index contributed by atoms with van der Waals surface area (Å²) in [5, 5.41) is 2.82. The minimum Gasteiger partial charge on any atom is -0.356 e. The van der Waals surface area contributed by atoms with Crippen molar-refractivity contribution in [3.05, 3.63) is 84.5 Å². The molecule has 0 fully saturated rings. The van der Waals surface area contributed by atoms with Crippen molar-refractivity contribution < 1.29 is 4.79 Å². The Morgan fingerprint density at radius 1 is 0.815 bits per heavy atom. The van der Waals surface area contributed by atoms with Crippen LogP contribution in [0.25, 0.3) is 0 Å². The van der Waals surface area contributed by atoms with E-state index in [2.05, 4.69) is 84.3 Å². The molecule has 2 nitrogen and oxygen atoms in total. The summed E-state index contributed by atoms with van der Waals surface area (Å²) in [5.41, 5.74) is 1.40. The minimum absolute atomic E-state index is 0.156. The maximum Gasteiger partial charge on any atom is 0.219 e. The fourth-order valence-corrected chi connectivity index (χ4v) is 2.61. The van der Waals surface area contributed by atoms with E-state index in [1.807, 2.05) is 6.92 Å². The zero-order valence-corrected chi connectivity index (χ0v) is 16.8. The molecule has 0 spiro atoms. The Bertz CT molecular complexity index is 596. The van der Waals surface area contributed by atoms with Gasteiger partial charge >= 0.3 is 0 Å². The van der Waals surface area contributed by atoms with Crippen LogP contribution in [-0.4, -0.2) is 12.5 Å². The highest BCUT2D eigenvalue weighted by Crippen LogP contribution is 2.03. The Hall–Kier alpha value is -2.35. The third kappa shape index (κ3) is 14.5. The van der Waals surface area contributed by atoms with Crippen molar-refractivity contribution in [3.8, 4) is 0 Å². The highest BCUT2D eigenvalue weighted by Gasteiger charge is 1.96. The van der Waals surface area contributed by atoms with Gasteiger partial charge in [-0.15, -0.1) is 0 Å². The van der Waals surface area contributed by atoms with E-state index >= 15 is 0 Å². The molecular weight excluding hydrogens is 330 g/mol. The van der Waals surface area contributed by atoms with Crippen molar-refractivity contribution in [1.82, 2.24) is 5.32 Å². The van der Waals surface area contributed by atoms with Gasteiger partial charge in [-0.1, -0.05) is 78.9 Å². The van der Waals surface area contributed by atoms with E-state index in [0.717, 1.165) is 51.5 Å². The molecule has 0 aromatic heterocycles. The molecule has 1 aromatic rings. The first-order valence-electron chi connectivity index (χ1n) is 10.2. The van der Waals surface area contributed by atoms with Crippen LogP contribution in [0.2, 0.25) is 0 Å². The molecule has 0 radical (unpaired) electrons. The van der Waals surface area contributed by atoms with Crippen molar-refractivity contribution in [1.29, 1.82) is 0 Å². The first-order valence-corrected chi connectivity index (χ1v) is 10.2. The monoisotopic (exact) mass is 365 g/mol. The first-order chi connectivity index (χ1) is 13.3. The van der Waals surface area contributed by atoms with Crippen molar-refractivity contribution >= 4 is 5.91 Å². The number of carbonyl (C=O) groups is 1. The maximum absolute atomic E-state index is 11.3. The third-order valence-electron chi connectivity index (χ3n) is 4.07. The molecule has 0 aliphatic carbocycles. The zero-order chi connectivity index (χ0) is 19.4. The van der Waals surface area contributed by atoms with Crippen LogP contribution in [0.3, 0.4) is 0 Å². The fourth-order valence-electron chi connectivity index (χ4n) is 2.61. The molecule has 1 N–H and O–H groups in total. The highest BCUT2D eigenvalue weighted by atomic mass is 16.1. The topological polar surface area (TPSA) is 29.1 Å². The lowest BCUT2D eigenvalue weighted by atomic mass is 10.1. The molecule has 1 amide bonds. The summed E-state index contributed by atoms with van der Waals surface area (Å²) in [6, 6.07) is 10.6. The number of nitrogens with one attached hydrogen (secondary N) is 1. The second kappa shape index (κ2) is 17.1. The van der Waals surface area contributed by atoms with Gasteiger partial charge in [0.1, 0.15) is 0 Å². The van der Waals surface area contributed by atoms with E-state index in [9.17, 15) is 4.79 Å². The number of allylic oxidation sites excluding steroid dienone is 8. The van der Waals surface area contributed by atoms with Crippen molar-refractivity contribution in [2.45, 2.75) is 58.3 Å². The van der Waals surface area contributed by atoms with Crippen molar-refractivity contribution in [3.63, 3.8) is 0 Å². The van der Waals surface area contributed by atoms with Crippen LogP contribution in [0, 0.1) is 0 Å². The van der Waals surface area contributed by atoms with Crippen LogP contribution < -0.4 is 5.32 Å². The van der Waals surface area contributed by atoms with Crippen LogP contribution in [0.15, 0.2) is 78.9 Å². The Morgan fingerprint density at radius 3 is 1.96 bits per heavy atom. The zero-order valence-electron chi connectivity index (χ0n) is 16.8. The Labute approximate surface area is 165 Å². The van der Waals surface area contributed by atoms with E-state index in [4.69, 9.17) is 0 Å². The summed E-state index contributed by atoms with van der Waals surface area (Å²) in [4.78, 5) is 11.3. The average Bonchev–Trinajstić information content (AvgIpc) is 2.68. The lowest BCUT2D eigenvalue weighted by Crippen LogP contribution is -2.21. The van der Waals surface area contributed by atoms with Gasteiger partial charge in [-0.25, -0.2) is 0 Å². The largest absolute Gasteiger partial charge is 0.356 e. The summed E-state index contributed by atoms with van der Waals surface area (Å²) in [6.07, 6.45) is 25.4.